The first-order valence-corrected chi connectivity index (χ1v) is 8.36. The largest absolute Gasteiger partial charge is 0.374 e. The lowest BCUT2D eigenvalue weighted by atomic mass is 10.1. The summed E-state index contributed by atoms with van der Waals surface area (Å²) in [5, 5.41) is 10.1. The average Bonchev–Trinajstić information content (AvgIpc) is 2.98. The Morgan fingerprint density at radius 1 is 1.46 bits per heavy atom. The zero-order valence-electron chi connectivity index (χ0n) is 14.3. The summed E-state index contributed by atoms with van der Waals surface area (Å²) in [4.78, 5) is 20.6. The van der Waals surface area contributed by atoms with Gasteiger partial charge < -0.3 is 10.5 Å². The number of aromatic nitrogens is 3. The first kappa shape index (κ1) is 16.2. The van der Waals surface area contributed by atoms with Crippen LogP contribution < -0.4 is 5.73 Å². The summed E-state index contributed by atoms with van der Waals surface area (Å²) in [6, 6.07) is 7.53. The highest BCUT2D eigenvalue weighted by atomic mass is 16.5. The van der Waals surface area contributed by atoms with Gasteiger partial charge in [-0.2, -0.15) is 5.26 Å². The second-order valence-electron chi connectivity index (χ2n) is 6.39. The van der Waals surface area contributed by atoms with E-state index in [2.05, 4.69) is 16.0 Å². The molecule has 0 saturated carbocycles. The Morgan fingerprint density at radius 2 is 2.31 bits per heavy atom. The van der Waals surface area contributed by atoms with Crippen LogP contribution in [0.25, 0.3) is 27.6 Å². The third-order valence-corrected chi connectivity index (χ3v) is 4.50. The number of hydrogen-bond donors (Lipinski definition) is 1. The normalized spacial score (nSPS) is 17.2. The Hall–Kier alpha value is -3.24. The first-order chi connectivity index (χ1) is 12.6. The number of primary amides is 1. The SMILES string of the molecule is CC1CC(n2c(CC(N)=O)nc3cnc4ccc(C#N)cc4c32)=CCO1. The molecule has 0 aliphatic carbocycles. The molecule has 1 atom stereocenters. The number of benzene rings is 1. The molecule has 26 heavy (non-hydrogen) atoms. The molecule has 1 aromatic carbocycles. The number of hydrogen-bond acceptors (Lipinski definition) is 5. The van der Waals surface area contributed by atoms with Gasteiger partial charge >= 0.3 is 0 Å². The summed E-state index contributed by atoms with van der Waals surface area (Å²) in [7, 11) is 0. The van der Waals surface area contributed by atoms with Gasteiger partial charge in [0, 0.05) is 17.5 Å². The number of nitrogens with zero attached hydrogens (tertiary/aromatic N) is 4. The smallest absolute Gasteiger partial charge is 0.225 e. The van der Waals surface area contributed by atoms with E-state index in [0.717, 1.165) is 22.1 Å². The van der Waals surface area contributed by atoms with Crippen LogP contribution >= 0.6 is 0 Å². The van der Waals surface area contributed by atoms with E-state index in [1.54, 1.807) is 18.3 Å². The van der Waals surface area contributed by atoms with E-state index in [1.807, 2.05) is 23.6 Å². The fourth-order valence-electron chi connectivity index (χ4n) is 3.38. The highest BCUT2D eigenvalue weighted by molar-refractivity contribution is 6.04. The Morgan fingerprint density at radius 3 is 3.04 bits per heavy atom. The number of carbonyl (C=O) groups is 1. The molecule has 0 fully saturated rings. The van der Waals surface area contributed by atoms with Gasteiger partial charge in [0.1, 0.15) is 11.3 Å². The topological polar surface area (TPSA) is 107 Å². The zero-order valence-corrected chi connectivity index (χ0v) is 14.3. The summed E-state index contributed by atoms with van der Waals surface area (Å²) in [6.07, 6.45) is 4.47. The van der Waals surface area contributed by atoms with Crippen molar-refractivity contribution >= 4 is 33.5 Å². The van der Waals surface area contributed by atoms with Crippen molar-refractivity contribution in [1.29, 1.82) is 5.26 Å². The Bertz CT molecular complexity index is 1110. The lowest BCUT2D eigenvalue weighted by molar-refractivity contribution is -0.117. The van der Waals surface area contributed by atoms with Crippen LogP contribution in [-0.2, 0) is 16.0 Å². The molecular weight excluding hydrogens is 330 g/mol. The number of rotatable bonds is 3. The van der Waals surface area contributed by atoms with Crippen molar-refractivity contribution in [3.8, 4) is 6.07 Å². The Labute approximate surface area is 149 Å². The summed E-state index contributed by atoms with van der Waals surface area (Å²) in [5.74, 6) is 0.127. The average molecular weight is 347 g/mol. The van der Waals surface area contributed by atoms with Gasteiger partial charge in [-0.3, -0.25) is 14.3 Å². The standard InChI is InChI=1S/C19H17N5O2/c1-11-6-13(4-5-26-11)24-18(8-17(21)25)23-16-10-22-15-3-2-12(9-20)7-14(15)19(16)24/h2-4,7,10-11H,5-6,8H2,1H3,(H2,21,25). The van der Waals surface area contributed by atoms with Gasteiger partial charge in [-0.05, 0) is 31.2 Å². The number of fused-ring (bicyclic) bond motifs is 3. The third kappa shape index (κ3) is 2.70. The number of nitriles is 1. The van der Waals surface area contributed by atoms with Crippen LogP contribution in [0.15, 0.2) is 30.5 Å². The molecule has 0 spiro atoms. The van der Waals surface area contributed by atoms with Crippen molar-refractivity contribution in [2.24, 2.45) is 5.73 Å². The van der Waals surface area contributed by atoms with E-state index in [0.29, 0.717) is 29.9 Å². The van der Waals surface area contributed by atoms with Crippen LogP contribution in [0.3, 0.4) is 0 Å². The zero-order chi connectivity index (χ0) is 18.3. The van der Waals surface area contributed by atoms with Gasteiger partial charge in [-0.15, -0.1) is 0 Å². The Kier molecular flexibility index (Phi) is 3.90. The predicted molar refractivity (Wildman–Crippen MR) is 97.0 cm³/mol. The van der Waals surface area contributed by atoms with Gasteiger partial charge in [0.2, 0.25) is 5.91 Å². The molecule has 0 saturated heterocycles. The number of nitrogens with two attached hydrogens (primary N) is 1. The van der Waals surface area contributed by atoms with Crippen LogP contribution in [0.2, 0.25) is 0 Å². The molecule has 1 aliphatic heterocycles. The molecule has 130 valence electrons. The number of ether oxygens (including phenoxy) is 1. The maximum atomic E-state index is 11.6. The van der Waals surface area contributed by atoms with Gasteiger partial charge in [0.05, 0.1) is 48.0 Å². The Balaban J connectivity index is 2.07. The van der Waals surface area contributed by atoms with Crippen molar-refractivity contribution < 1.29 is 9.53 Å². The van der Waals surface area contributed by atoms with Crippen molar-refractivity contribution in [2.75, 3.05) is 6.61 Å². The fraction of sp³-hybridized carbons (Fsp3) is 0.263. The van der Waals surface area contributed by atoms with E-state index in [4.69, 9.17) is 10.5 Å². The summed E-state index contributed by atoms with van der Waals surface area (Å²) in [6.45, 7) is 2.51. The van der Waals surface area contributed by atoms with Crippen molar-refractivity contribution in [3.63, 3.8) is 0 Å². The highest BCUT2D eigenvalue weighted by Crippen LogP contribution is 2.31. The van der Waals surface area contributed by atoms with Crippen LogP contribution in [0.1, 0.15) is 24.7 Å². The van der Waals surface area contributed by atoms with E-state index in [9.17, 15) is 10.1 Å². The molecule has 0 bridgehead atoms. The monoisotopic (exact) mass is 347 g/mol. The molecule has 1 amide bonds. The molecule has 7 nitrogen and oxygen atoms in total. The van der Waals surface area contributed by atoms with Gasteiger partial charge in [-0.25, -0.2) is 4.98 Å². The summed E-state index contributed by atoms with van der Waals surface area (Å²) < 4.78 is 7.58. The van der Waals surface area contributed by atoms with Gasteiger partial charge in [-0.1, -0.05) is 0 Å². The van der Waals surface area contributed by atoms with Crippen LogP contribution in [0.5, 0.6) is 0 Å². The van der Waals surface area contributed by atoms with Crippen molar-refractivity contribution in [1.82, 2.24) is 14.5 Å². The van der Waals surface area contributed by atoms with Crippen LogP contribution in [0, 0.1) is 11.3 Å². The molecule has 1 unspecified atom stereocenters. The van der Waals surface area contributed by atoms with Crippen LogP contribution in [-0.4, -0.2) is 33.2 Å². The first-order valence-electron chi connectivity index (χ1n) is 8.36. The third-order valence-electron chi connectivity index (χ3n) is 4.50. The minimum atomic E-state index is -0.447. The van der Waals surface area contributed by atoms with Gasteiger partial charge in [0.15, 0.2) is 0 Å². The molecule has 3 aromatic rings. The number of imidazole rings is 1. The molecular formula is C19H17N5O2. The molecule has 2 N–H and O–H groups in total. The molecule has 7 heteroatoms. The van der Waals surface area contributed by atoms with Gasteiger partial charge in [0.25, 0.3) is 0 Å². The lowest BCUT2D eigenvalue weighted by Crippen LogP contribution is -2.21. The maximum absolute atomic E-state index is 11.6. The predicted octanol–water partition coefficient (Wildman–Crippen LogP) is 2.13. The van der Waals surface area contributed by atoms with E-state index in [-0.39, 0.29) is 12.5 Å². The molecule has 4 rings (SSSR count). The van der Waals surface area contributed by atoms with E-state index in [1.165, 1.54) is 0 Å². The summed E-state index contributed by atoms with van der Waals surface area (Å²) in [5.41, 5.74) is 9.27. The minimum absolute atomic E-state index is 0.0285. The van der Waals surface area contributed by atoms with E-state index < -0.39 is 5.91 Å². The number of pyridine rings is 1. The summed E-state index contributed by atoms with van der Waals surface area (Å²) >= 11 is 0. The second kappa shape index (κ2) is 6.24. The molecule has 0 radical (unpaired) electrons. The second-order valence-corrected chi connectivity index (χ2v) is 6.39. The van der Waals surface area contributed by atoms with Crippen molar-refractivity contribution in [3.05, 3.63) is 41.9 Å². The highest BCUT2D eigenvalue weighted by Gasteiger charge is 2.21. The van der Waals surface area contributed by atoms with Crippen LogP contribution in [0.4, 0.5) is 0 Å². The molecule has 1 aliphatic rings. The fourth-order valence-corrected chi connectivity index (χ4v) is 3.38. The molecule has 2 aromatic heterocycles. The molecule has 3 heterocycles. The quantitative estimate of drug-likeness (QED) is 0.781. The lowest BCUT2D eigenvalue weighted by Gasteiger charge is -2.22. The number of amides is 1. The number of carbonyl (C=O) groups excluding carboxylic acids is 1. The van der Waals surface area contributed by atoms with E-state index >= 15 is 0 Å². The van der Waals surface area contributed by atoms with Crippen molar-refractivity contribution in [2.45, 2.75) is 25.9 Å². The minimum Gasteiger partial charge on any atom is -0.374 e. The maximum Gasteiger partial charge on any atom is 0.225 e.